The second kappa shape index (κ2) is 5.24. The zero-order chi connectivity index (χ0) is 13.1. The van der Waals surface area contributed by atoms with Crippen molar-refractivity contribution in [2.45, 2.75) is 19.9 Å². The molecule has 3 aromatic heterocycles. The summed E-state index contributed by atoms with van der Waals surface area (Å²) < 4.78 is 7.58. The lowest BCUT2D eigenvalue weighted by molar-refractivity contribution is 0.478. The number of rotatable bonds is 5. The summed E-state index contributed by atoms with van der Waals surface area (Å²) in [6, 6.07) is 5.95. The first-order chi connectivity index (χ1) is 9.38. The number of hydrogen-bond acceptors (Lipinski definition) is 4. The zero-order valence-electron chi connectivity index (χ0n) is 10.8. The SMILES string of the molecule is CCCNCc1ncc(-c2cnn3ccccc23)o1. The summed E-state index contributed by atoms with van der Waals surface area (Å²) in [5, 5.41) is 7.56. The Labute approximate surface area is 111 Å². The minimum atomic E-state index is 0.660. The first-order valence-electron chi connectivity index (χ1n) is 6.46. The molecule has 0 unspecified atom stereocenters. The Hall–Kier alpha value is -2.14. The summed E-state index contributed by atoms with van der Waals surface area (Å²) in [6.07, 6.45) is 6.58. The quantitative estimate of drug-likeness (QED) is 0.712. The summed E-state index contributed by atoms with van der Waals surface area (Å²) in [6.45, 7) is 3.76. The molecule has 0 aliphatic carbocycles. The molecule has 5 heteroatoms. The number of oxazole rings is 1. The van der Waals surface area contributed by atoms with Crippen molar-refractivity contribution in [2.75, 3.05) is 6.54 Å². The van der Waals surface area contributed by atoms with E-state index in [2.05, 4.69) is 22.3 Å². The predicted octanol–water partition coefficient (Wildman–Crippen LogP) is 2.49. The Bertz CT molecular complexity index is 671. The fourth-order valence-corrected chi connectivity index (χ4v) is 2.01. The highest BCUT2D eigenvalue weighted by Crippen LogP contribution is 2.24. The van der Waals surface area contributed by atoms with Crippen LogP contribution in [-0.2, 0) is 6.54 Å². The number of hydrogen-bond donors (Lipinski definition) is 1. The first-order valence-corrected chi connectivity index (χ1v) is 6.46. The fourth-order valence-electron chi connectivity index (χ4n) is 2.01. The molecule has 0 amide bonds. The monoisotopic (exact) mass is 256 g/mol. The Balaban J connectivity index is 1.86. The van der Waals surface area contributed by atoms with Crippen LogP contribution >= 0.6 is 0 Å². The molecule has 0 atom stereocenters. The van der Waals surface area contributed by atoms with Gasteiger partial charge in [0.1, 0.15) is 0 Å². The summed E-state index contributed by atoms with van der Waals surface area (Å²) in [4.78, 5) is 4.28. The normalized spacial score (nSPS) is 11.2. The van der Waals surface area contributed by atoms with Gasteiger partial charge in [0, 0.05) is 6.20 Å². The highest BCUT2D eigenvalue weighted by molar-refractivity contribution is 5.76. The van der Waals surface area contributed by atoms with Gasteiger partial charge in [-0.05, 0) is 25.1 Å². The van der Waals surface area contributed by atoms with Crippen LogP contribution in [0.2, 0.25) is 0 Å². The molecule has 0 bridgehead atoms. The van der Waals surface area contributed by atoms with Gasteiger partial charge in [-0.15, -0.1) is 0 Å². The maximum Gasteiger partial charge on any atom is 0.208 e. The molecule has 0 aromatic carbocycles. The van der Waals surface area contributed by atoms with Gasteiger partial charge >= 0.3 is 0 Å². The van der Waals surface area contributed by atoms with Crippen molar-refractivity contribution >= 4 is 5.52 Å². The van der Waals surface area contributed by atoms with Gasteiger partial charge in [-0.2, -0.15) is 5.10 Å². The predicted molar refractivity (Wildman–Crippen MR) is 72.7 cm³/mol. The smallest absolute Gasteiger partial charge is 0.208 e. The van der Waals surface area contributed by atoms with Gasteiger partial charge in [0.05, 0.1) is 30.0 Å². The molecule has 0 aliphatic rings. The molecule has 0 spiro atoms. The van der Waals surface area contributed by atoms with E-state index in [0.29, 0.717) is 12.4 Å². The second-order valence-electron chi connectivity index (χ2n) is 4.38. The van der Waals surface area contributed by atoms with Crippen molar-refractivity contribution in [3.8, 4) is 11.3 Å². The maximum absolute atomic E-state index is 5.76. The molecule has 3 heterocycles. The highest BCUT2D eigenvalue weighted by Gasteiger charge is 2.11. The van der Waals surface area contributed by atoms with Crippen molar-refractivity contribution in [2.24, 2.45) is 0 Å². The van der Waals surface area contributed by atoms with Gasteiger partial charge < -0.3 is 9.73 Å². The maximum atomic E-state index is 5.76. The molecule has 3 rings (SSSR count). The van der Waals surface area contributed by atoms with Crippen LogP contribution in [0.4, 0.5) is 0 Å². The molecule has 0 radical (unpaired) electrons. The molecule has 5 nitrogen and oxygen atoms in total. The summed E-state index contributed by atoms with van der Waals surface area (Å²) in [5.74, 6) is 1.47. The molecule has 98 valence electrons. The molecular weight excluding hydrogens is 240 g/mol. The van der Waals surface area contributed by atoms with Gasteiger partial charge in [0.2, 0.25) is 5.89 Å². The summed E-state index contributed by atoms with van der Waals surface area (Å²) in [7, 11) is 0. The van der Waals surface area contributed by atoms with Crippen molar-refractivity contribution in [1.29, 1.82) is 0 Å². The van der Waals surface area contributed by atoms with Crippen molar-refractivity contribution in [3.05, 3.63) is 42.7 Å². The van der Waals surface area contributed by atoms with Gasteiger partial charge in [-0.25, -0.2) is 9.50 Å². The third-order valence-corrected chi connectivity index (χ3v) is 2.95. The van der Waals surface area contributed by atoms with E-state index in [9.17, 15) is 0 Å². The van der Waals surface area contributed by atoms with E-state index in [4.69, 9.17) is 4.42 Å². The van der Waals surface area contributed by atoms with Crippen LogP contribution in [-0.4, -0.2) is 21.1 Å². The van der Waals surface area contributed by atoms with Crippen molar-refractivity contribution in [3.63, 3.8) is 0 Å². The van der Waals surface area contributed by atoms with Crippen molar-refractivity contribution in [1.82, 2.24) is 19.9 Å². The molecule has 0 aliphatic heterocycles. The fraction of sp³-hybridized carbons (Fsp3) is 0.286. The van der Waals surface area contributed by atoms with Crippen LogP contribution in [0.25, 0.3) is 16.8 Å². The van der Waals surface area contributed by atoms with Crippen molar-refractivity contribution < 1.29 is 4.42 Å². The van der Waals surface area contributed by atoms with Crippen LogP contribution in [0.1, 0.15) is 19.2 Å². The number of fused-ring (bicyclic) bond motifs is 1. The third kappa shape index (κ3) is 2.37. The Kier molecular flexibility index (Phi) is 3.29. The van der Waals surface area contributed by atoms with Gasteiger partial charge in [-0.1, -0.05) is 13.0 Å². The minimum absolute atomic E-state index is 0.660. The molecule has 0 saturated carbocycles. The summed E-state index contributed by atoms with van der Waals surface area (Å²) in [5.41, 5.74) is 1.99. The number of nitrogens with zero attached hydrogens (tertiary/aromatic N) is 3. The Morgan fingerprint density at radius 2 is 2.26 bits per heavy atom. The van der Waals surface area contributed by atoms with E-state index >= 15 is 0 Å². The number of pyridine rings is 1. The largest absolute Gasteiger partial charge is 0.439 e. The molecule has 0 saturated heterocycles. The van der Waals surface area contributed by atoms with E-state index < -0.39 is 0 Å². The van der Waals surface area contributed by atoms with Crippen LogP contribution in [0.15, 0.2) is 41.2 Å². The molecule has 0 fully saturated rings. The standard InChI is InChI=1S/C14H16N4O/c1-2-6-15-10-14-16-9-13(19-14)11-8-17-18-7-4-3-5-12(11)18/h3-5,7-9,15H,2,6,10H2,1H3. The Morgan fingerprint density at radius 3 is 3.16 bits per heavy atom. The lowest BCUT2D eigenvalue weighted by Crippen LogP contribution is -2.13. The molecular formula is C14H16N4O. The van der Waals surface area contributed by atoms with Crippen LogP contribution < -0.4 is 5.32 Å². The van der Waals surface area contributed by atoms with Gasteiger partial charge in [-0.3, -0.25) is 0 Å². The first kappa shape index (κ1) is 11.9. The Morgan fingerprint density at radius 1 is 1.32 bits per heavy atom. The highest BCUT2D eigenvalue weighted by atomic mass is 16.4. The topological polar surface area (TPSA) is 55.4 Å². The zero-order valence-corrected chi connectivity index (χ0v) is 10.8. The molecule has 19 heavy (non-hydrogen) atoms. The average molecular weight is 256 g/mol. The number of nitrogens with one attached hydrogen (secondary N) is 1. The minimum Gasteiger partial charge on any atom is -0.439 e. The lowest BCUT2D eigenvalue weighted by Gasteiger charge is -1.97. The summed E-state index contributed by atoms with van der Waals surface area (Å²) >= 11 is 0. The van der Waals surface area contributed by atoms with E-state index in [1.165, 1.54) is 0 Å². The molecule has 3 aromatic rings. The van der Waals surface area contributed by atoms with E-state index in [1.54, 1.807) is 12.4 Å². The molecule has 1 N–H and O–H groups in total. The van der Waals surface area contributed by atoms with E-state index in [0.717, 1.165) is 29.8 Å². The second-order valence-corrected chi connectivity index (χ2v) is 4.38. The third-order valence-electron chi connectivity index (χ3n) is 2.95. The number of aromatic nitrogens is 3. The van der Waals surface area contributed by atoms with Gasteiger partial charge in [0.25, 0.3) is 0 Å². The van der Waals surface area contributed by atoms with E-state index in [-0.39, 0.29) is 0 Å². The lowest BCUT2D eigenvalue weighted by atomic mass is 10.2. The average Bonchev–Trinajstić information content (AvgIpc) is 3.05. The van der Waals surface area contributed by atoms with Crippen LogP contribution in [0.3, 0.4) is 0 Å². The van der Waals surface area contributed by atoms with E-state index in [1.807, 2.05) is 28.9 Å². The van der Waals surface area contributed by atoms with Crippen LogP contribution in [0, 0.1) is 0 Å². The van der Waals surface area contributed by atoms with Gasteiger partial charge in [0.15, 0.2) is 5.76 Å². The van der Waals surface area contributed by atoms with Crippen LogP contribution in [0.5, 0.6) is 0 Å².